The molecule has 1 aromatic carbocycles. The van der Waals surface area contributed by atoms with E-state index in [4.69, 9.17) is 0 Å². The van der Waals surface area contributed by atoms with Crippen LogP contribution in [-0.4, -0.2) is 14.5 Å². The van der Waals surface area contributed by atoms with Gasteiger partial charge < -0.3 is 0 Å². The maximum absolute atomic E-state index is 12.6. The number of hydrazine groups is 1. The highest BCUT2D eigenvalue weighted by atomic mass is 32.2. The van der Waals surface area contributed by atoms with Crippen molar-refractivity contribution in [2.45, 2.75) is 43.5 Å². The minimum Gasteiger partial charge on any atom is -0.279 e. The molecular formula is C16H21N3O2S2. The van der Waals surface area contributed by atoms with E-state index >= 15 is 0 Å². The van der Waals surface area contributed by atoms with Gasteiger partial charge in [0.05, 0.1) is 6.04 Å². The van der Waals surface area contributed by atoms with Gasteiger partial charge >= 0.3 is 0 Å². The molecule has 2 aromatic rings. The van der Waals surface area contributed by atoms with Gasteiger partial charge in [-0.3, -0.25) is 10.1 Å². The number of aryl methyl sites for hydroxylation is 2. The van der Waals surface area contributed by atoms with Crippen LogP contribution in [-0.2, 0) is 10.0 Å². The van der Waals surface area contributed by atoms with Crippen molar-refractivity contribution in [3.63, 3.8) is 0 Å². The zero-order chi connectivity index (χ0) is 16.6. The van der Waals surface area contributed by atoms with Crippen LogP contribution in [0.5, 0.6) is 0 Å². The predicted octanol–water partition coefficient (Wildman–Crippen LogP) is 3.09. The molecule has 0 radical (unpaired) electrons. The van der Waals surface area contributed by atoms with E-state index in [9.17, 15) is 8.42 Å². The number of hydrogen-bond acceptors (Lipinski definition) is 5. The second-order valence-electron chi connectivity index (χ2n) is 6.04. The standard InChI is InChI=1S/C16H21N3O2S2/c1-10-4-5-13(8-11(10)2)19-23(20,21)16-7-6-15(22-16)14-9-12(3)17-18-14/h4-8,12,14,17-19H,9H2,1-3H3. The lowest BCUT2D eigenvalue weighted by molar-refractivity contribution is 0.564. The molecule has 1 aliphatic rings. The van der Waals surface area contributed by atoms with Crippen molar-refractivity contribution in [3.05, 3.63) is 46.3 Å². The summed E-state index contributed by atoms with van der Waals surface area (Å²) in [6.45, 7) is 6.07. The summed E-state index contributed by atoms with van der Waals surface area (Å²) in [5, 5.41) is 0. The van der Waals surface area contributed by atoms with Gasteiger partial charge in [-0.2, -0.15) is 0 Å². The summed E-state index contributed by atoms with van der Waals surface area (Å²) in [4.78, 5) is 1.03. The molecule has 1 fully saturated rings. The quantitative estimate of drug-likeness (QED) is 0.792. The van der Waals surface area contributed by atoms with Crippen molar-refractivity contribution in [2.75, 3.05) is 4.72 Å². The zero-order valence-electron chi connectivity index (χ0n) is 13.4. The number of sulfonamides is 1. The second kappa shape index (κ2) is 6.24. The highest BCUT2D eigenvalue weighted by Crippen LogP contribution is 2.31. The maximum Gasteiger partial charge on any atom is 0.271 e. The van der Waals surface area contributed by atoms with Crippen molar-refractivity contribution in [3.8, 4) is 0 Å². The van der Waals surface area contributed by atoms with Gasteiger partial charge in [0.25, 0.3) is 10.0 Å². The van der Waals surface area contributed by atoms with Crippen molar-refractivity contribution in [2.24, 2.45) is 0 Å². The van der Waals surface area contributed by atoms with Crippen molar-refractivity contribution < 1.29 is 8.42 Å². The molecule has 0 bridgehead atoms. The highest BCUT2D eigenvalue weighted by molar-refractivity contribution is 7.94. The molecule has 7 heteroatoms. The van der Waals surface area contributed by atoms with Gasteiger partial charge in [0.1, 0.15) is 4.21 Å². The van der Waals surface area contributed by atoms with Gasteiger partial charge in [0.2, 0.25) is 0 Å². The van der Waals surface area contributed by atoms with Gasteiger partial charge in [-0.05, 0) is 62.6 Å². The first-order valence-electron chi connectivity index (χ1n) is 7.56. The molecule has 0 amide bonds. The second-order valence-corrected chi connectivity index (χ2v) is 9.06. The molecule has 3 rings (SSSR count). The fraction of sp³-hybridized carbons (Fsp3) is 0.375. The Kier molecular flexibility index (Phi) is 4.46. The van der Waals surface area contributed by atoms with E-state index < -0.39 is 10.0 Å². The number of rotatable bonds is 4. The molecule has 2 unspecified atom stereocenters. The van der Waals surface area contributed by atoms with Crippen LogP contribution >= 0.6 is 11.3 Å². The Labute approximate surface area is 141 Å². The molecule has 1 aromatic heterocycles. The van der Waals surface area contributed by atoms with E-state index in [0.29, 0.717) is 15.9 Å². The van der Waals surface area contributed by atoms with Gasteiger partial charge in [-0.15, -0.1) is 11.3 Å². The third-order valence-corrected chi connectivity index (χ3v) is 7.13. The Hall–Kier alpha value is -1.41. The lowest BCUT2D eigenvalue weighted by atomic mass is 10.1. The summed E-state index contributed by atoms with van der Waals surface area (Å²) < 4.78 is 28.1. The molecule has 2 heterocycles. The number of nitrogens with one attached hydrogen (secondary N) is 3. The Balaban J connectivity index is 1.79. The van der Waals surface area contributed by atoms with E-state index in [1.165, 1.54) is 11.3 Å². The van der Waals surface area contributed by atoms with Crippen LogP contribution in [0.4, 0.5) is 5.69 Å². The first-order chi connectivity index (χ1) is 10.8. The van der Waals surface area contributed by atoms with Crippen LogP contribution in [0.1, 0.15) is 35.4 Å². The molecule has 1 saturated heterocycles. The number of benzene rings is 1. The van der Waals surface area contributed by atoms with Gasteiger partial charge in [0, 0.05) is 16.6 Å². The lowest BCUT2D eigenvalue weighted by Crippen LogP contribution is -2.28. The van der Waals surface area contributed by atoms with Gasteiger partial charge in [-0.25, -0.2) is 13.8 Å². The molecule has 0 spiro atoms. The Bertz CT molecular complexity index is 814. The number of thiophene rings is 1. The van der Waals surface area contributed by atoms with Crippen molar-refractivity contribution >= 4 is 27.0 Å². The van der Waals surface area contributed by atoms with Crippen LogP contribution in [0.15, 0.2) is 34.5 Å². The summed E-state index contributed by atoms with van der Waals surface area (Å²) in [6, 6.07) is 9.67. The normalized spacial score (nSPS) is 21.5. The monoisotopic (exact) mass is 351 g/mol. The van der Waals surface area contributed by atoms with Crippen LogP contribution < -0.4 is 15.6 Å². The number of hydrogen-bond donors (Lipinski definition) is 3. The maximum atomic E-state index is 12.6. The molecule has 124 valence electrons. The first-order valence-corrected chi connectivity index (χ1v) is 9.86. The largest absolute Gasteiger partial charge is 0.279 e. The summed E-state index contributed by atoms with van der Waals surface area (Å²) >= 11 is 1.31. The molecular weight excluding hydrogens is 330 g/mol. The SMILES string of the molecule is Cc1ccc(NS(=O)(=O)c2ccc(C3CC(C)NN3)s2)cc1C. The third kappa shape index (κ3) is 3.58. The summed E-state index contributed by atoms with van der Waals surface area (Å²) in [5.41, 5.74) is 9.15. The highest BCUT2D eigenvalue weighted by Gasteiger charge is 2.25. The third-order valence-electron chi connectivity index (χ3n) is 4.06. The van der Waals surface area contributed by atoms with E-state index in [0.717, 1.165) is 22.4 Å². The molecule has 0 saturated carbocycles. The van der Waals surface area contributed by atoms with E-state index in [1.54, 1.807) is 12.1 Å². The van der Waals surface area contributed by atoms with Crippen molar-refractivity contribution in [1.82, 2.24) is 10.9 Å². The molecule has 0 aliphatic carbocycles. The first kappa shape index (κ1) is 16.4. The Morgan fingerprint density at radius 2 is 1.91 bits per heavy atom. The molecule has 2 atom stereocenters. The average molecular weight is 351 g/mol. The van der Waals surface area contributed by atoms with E-state index in [2.05, 4.69) is 22.5 Å². The Morgan fingerprint density at radius 3 is 2.57 bits per heavy atom. The molecule has 23 heavy (non-hydrogen) atoms. The van der Waals surface area contributed by atoms with E-state index in [1.807, 2.05) is 32.0 Å². The number of anilines is 1. The van der Waals surface area contributed by atoms with Crippen LogP contribution in [0.25, 0.3) is 0 Å². The van der Waals surface area contributed by atoms with Crippen LogP contribution in [0.2, 0.25) is 0 Å². The molecule has 3 N–H and O–H groups in total. The minimum atomic E-state index is -3.54. The van der Waals surface area contributed by atoms with Crippen LogP contribution in [0.3, 0.4) is 0 Å². The van der Waals surface area contributed by atoms with Gasteiger partial charge in [-0.1, -0.05) is 6.07 Å². The summed E-state index contributed by atoms with van der Waals surface area (Å²) in [7, 11) is -3.54. The van der Waals surface area contributed by atoms with Crippen LogP contribution in [0, 0.1) is 13.8 Å². The molecule has 5 nitrogen and oxygen atoms in total. The fourth-order valence-corrected chi connectivity index (χ4v) is 5.02. The molecule has 1 aliphatic heterocycles. The van der Waals surface area contributed by atoms with Gasteiger partial charge in [0.15, 0.2) is 0 Å². The summed E-state index contributed by atoms with van der Waals surface area (Å²) in [6.07, 6.45) is 0.949. The zero-order valence-corrected chi connectivity index (χ0v) is 15.0. The lowest BCUT2D eigenvalue weighted by Gasteiger charge is -2.09. The summed E-state index contributed by atoms with van der Waals surface area (Å²) in [5.74, 6) is 0. The smallest absolute Gasteiger partial charge is 0.271 e. The predicted molar refractivity (Wildman–Crippen MR) is 94.1 cm³/mol. The van der Waals surface area contributed by atoms with Crippen molar-refractivity contribution in [1.29, 1.82) is 0 Å². The minimum absolute atomic E-state index is 0.167. The topological polar surface area (TPSA) is 70.2 Å². The Morgan fingerprint density at radius 1 is 1.13 bits per heavy atom. The fourth-order valence-electron chi connectivity index (χ4n) is 2.58. The average Bonchev–Trinajstić information content (AvgIpc) is 3.11. The van der Waals surface area contributed by atoms with E-state index in [-0.39, 0.29) is 6.04 Å².